The molecule has 0 bridgehead atoms. The lowest BCUT2D eigenvalue weighted by Gasteiger charge is -2.52. The summed E-state index contributed by atoms with van der Waals surface area (Å²) in [6, 6.07) is 8.30. The molecule has 112 valence electrons. The Hall–Kier alpha value is -1.26. The van der Waals surface area contributed by atoms with Crippen LogP contribution in [0.5, 0.6) is 5.75 Å². The van der Waals surface area contributed by atoms with E-state index >= 15 is 0 Å². The summed E-state index contributed by atoms with van der Waals surface area (Å²) in [5, 5.41) is 12.3. The van der Waals surface area contributed by atoms with Gasteiger partial charge in [0, 0.05) is 23.8 Å². The van der Waals surface area contributed by atoms with Crippen LogP contribution in [0.1, 0.15) is 27.2 Å². The molecule has 20 heavy (non-hydrogen) atoms. The van der Waals surface area contributed by atoms with E-state index in [0.29, 0.717) is 18.8 Å². The number of nitrogens with one attached hydrogen (secondary N) is 1. The van der Waals surface area contributed by atoms with E-state index in [1.54, 1.807) is 0 Å². The Kier molecular flexibility index (Phi) is 4.89. The van der Waals surface area contributed by atoms with E-state index in [0.717, 1.165) is 24.5 Å². The first-order valence-corrected chi connectivity index (χ1v) is 7.29. The molecule has 1 aromatic carbocycles. The highest BCUT2D eigenvalue weighted by atomic mass is 16.5. The maximum absolute atomic E-state index is 8.72. The van der Waals surface area contributed by atoms with Gasteiger partial charge in [0.15, 0.2) is 0 Å². The monoisotopic (exact) mass is 279 g/mol. The predicted octanol–water partition coefficient (Wildman–Crippen LogP) is 2.67. The lowest BCUT2D eigenvalue weighted by molar-refractivity contribution is -0.0975. The maximum atomic E-state index is 8.72. The number of rotatable bonds is 7. The van der Waals surface area contributed by atoms with Gasteiger partial charge >= 0.3 is 0 Å². The van der Waals surface area contributed by atoms with Crippen LogP contribution in [0.3, 0.4) is 0 Å². The van der Waals surface area contributed by atoms with E-state index in [1.165, 1.54) is 0 Å². The fourth-order valence-electron chi connectivity index (χ4n) is 2.63. The molecule has 1 fully saturated rings. The molecule has 0 saturated heterocycles. The van der Waals surface area contributed by atoms with Crippen molar-refractivity contribution in [1.29, 1.82) is 0 Å². The zero-order chi connectivity index (χ0) is 14.6. The van der Waals surface area contributed by atoms with E-state index in [2.05, 4.69) is 19.2 Å². The molecule has 1 aromatic rings. The average molecular weight is 279 g/mol. The van der Waals surface area contributed by atoms with Crippen LogP contribution in [0.2, 0.25) is 0 Å². The van der Waals surface area contributed by atoms with Crippen molar-refractivity contribution in [2.24, 2.45) is 5.41 Å². The Morgan fingerprint density at radius 3 is 2.55 bits per heavy atom. The van der Waals surface area contributed by atoms with Crippen molar-refractivity contribution in [2.75, 3.05) is 25.1 Å². The zero-order valence-electron chi connectivity index (χ0n) is 12.6. The van der Waals surface area contributed by atoms with E-state index in [-0.39, 0.29) is 12.0 Å². The third-order valence-corrected chi connectivity index (χ3v) is 4.10. The number of aliphatic hydroxyl groups excluding tert-OH is 1. The Bertz CT molecular complexity index is 416. The molecule has 0 heterocycles. The fraction of sp³-hybridized carbons (Fsp3) is 0.625. The summed E-state index contributed by atoms with van der Waals surface area (Å²) in [5.74, 6) is 0.782. The number of ether oxygens (including phenoxy) is 2. The molecule has 1 saturated carbocycles. The molecule has 2 atom stereocenters. The fourth-order valence-corrected chi connectivity index (χ4v) is 2.63. The van der Waals surface area contributed by atoms with Gasteiger partial charge < -0.3 is 19.9 Å². The van der Waals surface area contributed by atoms with Gasteiger partial charge in [0.05, 0.1) is 12.7 Å². The minimum atomic E-state index is 0.0368. The highest BCUT2D eigenvalue weighted by Crippen LogP contribution is 2.44. The van der Waals surface area contributed by atoms with Crippen molar-refractivity contribution in [2.45, 2.75) is 39.3 Å². The van der Waals surface area contributed by atoms with Crippen LogP contribution >= 0.6 is 0 Å². The zero-order valence-corrected chi connectivity index (χ0v) is 12.6. The third kappa shape index (κ3) is 3.25. The SMILES string of the molecule is CCOC1CC(Nc2ccc(OCCO)cc2)C1(C)C. The summed E-state index contributed by atoms with van der Waals surface area (Å²) >= 11 is 0. The van der Waals surface area contributed by atoms with Gasteiger partial charge in [-0.05, 0) is 37.6 Å². The van der Waals surface area contributed by atoms with Gasteiger partial charge in [-0.3, -0.25) is 0 Å². The van der Waals surface area contributed by atoms with Gasteiger partial charge in [-0.2, -0.15) is 0 Å². The van der Waals surface area contributed by atoms with Crippen LogP contribution in [0.15, 0.2) is 24.3 Å². The summed E-state index contributed by atoms with van der Waals surface area (Å²) < 4.78 is 11.1. The molecule has 4 nitrogen and oxygen atoms in total. The highest BCUT2D eigenvalue weighted by molar-refractivity contribution is 5.48. The lowest BCUT2D eigenvalue weighted by atomic mass is 9.64. The summed E-state index contributed by atoms with van der Waals surface area (Å²) in [7, 11) is 0. The topological polar surface area (TPSA) is 50.7 Å². The normalized spacial score (nSPS) is 24.0. The van der Waals surface area contributed by atoms with Crippen molar-refractivity contribution in [1.82, 2.24) is 0 Å². The van der Waals surface area contributed by atoms with Crippen molar-refractivity contribution in [3.63, 3.8) is 0 Å². The molecule has 1 aliphatic rings. The van der Waals surface area contributed by atoms with Gasteiger partial charge in [0.2, 0.25) is 0 Å². The van der Waals surface area contributed by atoms with Crippen LogP contribution in [-0.4, -0.2) is 37.1 Å². The summed E-state index contributed by atoms with van der Waals surface area (Å²) in [5.41, 5.74) is 1.25. The van der Waals surface area contributed by atoms with E-state index < -0.39 is 0 Å². The Labute approximate surface area is 121 Å². The standard InChI is InChI=1S/C16H25NO3/c1-4-19-15-11-14(16(15,2)3)17-12-5-7-13(8-6-12)20-10-9-18/h5-8,14-15,17-18H,4,9-11H2,1-3H3. The van der Waals surface area contributed by atoms with E-state index in [9.17, 15) is 0 Å². The highest BCUT2D eigenvalue weighted by Gasteiger charge is 2.48. The predicted molar refractivity (Wildman–Crippen MR) is 80.2 cm³/mol. The number of anilines is 1. The number of hydrogen-bond acceptors (Lipinski definition) is 4. The molecule has 0 spiro atoms. The molecular formula is C16H25NO3. The minimum Gasteiger partial charge on any atom is -0.491 e. The summed E-state index contributed by atoms with van der Waals surface area (Å²) in [4.78, 5) is 0. The summed E-state index contributed by atoms with van der Waals surface area (Å²) in [6.45, 7) is 7.67. The van der Waals surface area contributed by atoms with Crippen LogP contribution in [-0.2, 0) is 4.74 Å². The Balaban J connectivity index is 1.88. The van der Waals surface area contributed by atoms with Crippen LogP contribution in [0, 0.1) is 5.41 Å². The molecule has 0 radical (unpaired) electrons. The second-order valence-corrected chi connectivity index (χ2v) is 5.79. The smallest absolute Gasteiger partial charge is 0.119 e. The summed E-state index contributed by atoms with van der Waals surface area (Å²) in [6.07, 6.45) is 1.39. The van der Waals surface area contributed by atoms with Gasteiger partial charge in [-0.15, -0.1) is 0 Å². The van der Waals surface area contributed by atoms with Gasteiger partial charge in [-0.1, -0.05) is 13.8 Å². The third-order valence-electron chi connectivity index (χ3n) is 4.10. The Morgan fingerprint density at radius 1 is 1.30 bits per heavy atom. The average Bonchev–Trinajstić information content (AvgIpc) is 2.45. The quantitative estimate of drug-likeness (QED) is 0.805. The molecule has 4 heteroatoms. The van der Waals surface area contributed by atoms with Gasteiger partial charge in [0.25, 0.3) is 0 Å². The lowest BCUT2D eigenvalue weighted by Crippen LogP contribution is -2.58. The molecule has 0 aliphatic heterocycles. The van der Waals surface area contributed by atoms with E-state index in [4.69, 9.17) is 14.6 Å². The number of benzene rings is 1. The van der Waals surface area contributed by atoms with Crippen molar-refractivity contribution >= 4 is 5.69 Å². The molecular weight excluding hydrogens is 254 g/mol. The first kappa shape index (κ1) is 15.1. The van der Waals surface area contributed by atoms with Gasteiger partial charge in [-0.25, -0.2) is 0 Å². The van der Waals surface area contributed by atoms with Crippen molar-refractivity contribution in [3.8, 4) is 5.75 Å². The first-order chi connectivity index (χ1) is 9.57. The molecule has 2 unspecified atom stereocenters. The minimum absolute atomic E-state index is 0.0368. The molecule has 0 amide bonds. The second kappa shape index (κ2) is 6.46. The van der Waals surface area contributed by atoms with Crippen LogP contribution in [0.4, 0.5) is 5.69 Å². The molecule has 2 rings (SSSR count). The van der Waals surface area contributed by atoms with Crippen molar-refractivity contribution in [3.05, 3.63) is 24.3 Å². The number of aliphatic hydroxyl groups is 1. The molecule has 0 aromatic heterocycles. The van der Waals surface area contributed by atoms with Crippen LogP contribution in [0.25, 0.3) is 0 Å². The first-order valence-electron chi connectivity index (χ1n) is 7.29. The maximum Gasteiger partial charge on any atom is 0.119 e. The second-order valence-electron chi connectivity index (χ2n) is 5.79. The van der Waals surface area contributed by atoms with Crippen molar-refractivity contribution < 1.29 is 14.6 Å². The van der Waals surface area contributed by atoms with Crippen LogP contribution < -0.4 is 10.1 Å². The molecule has 2 N–H and O–H groups in total. The van der Waals surface area contributed by atoms with Gasteiger partial charge in [0.1, 0.15) is 12.4 Å². The molecule has 1 aliphatic carbocycles. The Morgan fingerprint density at radius 2 is 2.00 bits per heavy atom. The number of hydrogen-bond donors (Lipinski definition) is 2. The largest absolute Gasteiger partial charge is 0.491 e. The van der Waals surface area contributed by atoms with E-state index in [1.807, 2.05) is 31.2 Å².